The van der Waals surface area contributed by atoms with Crippen LogP contribution in [0.25, 0.3) is 0 Å². The maximum Gasteiger partial charge on any atom is 0.165 e. The first-order valence-corrected chi connectivity index (χ1v) is 8.41. The van der Waals surface area contributed by atoms with Gasteiger partial charge in [0.25, 0.3) is 0 Å². The van der Waals surface area contributed by atoms with Crippen molar-refractivity contribution >= 4 is 12.4 Å². The fourth-order valence-electron chi connectivity index (χ4n) is 1.85. The second kappa shape index (κ2) is 16.8. The van der Waals surface area contributed by atoms with Gasteiger partial charge in [0.15, 0.2) is 13.2 Å². The van der Waals surface area contributed by atoms with Crippen molar-refractivity contribution < 1.29 is 66.6 Å². The second-order valence-electron chi connectivity index (χ2n) is 6.13. The molecule has 0 fully saturated rings. The zero-order valence-electron chi connectivity index (χ0n) is 16.2. The van der Waals surface area contributed by atoms with Crippen LogP contribution in [0.2, 0.25) is 0 Å². The number of likely N-dealkylation sites (N-methyl/N-ethyl adjacent to an activating group) is 2. The Morgan fingerprint density at radius 3 is 1.21 bits per heavy atom. The molecule has 0 aliphatic rings. The van der Waals surface area contributed by atoms with Gasteiger partial charge in [-0.2, -0.15) is 0 Å². The van der Waals surface area contributed by atoms with Crippen LogP contribution < -0.4 is 48.0 Å². The second-order valence-corrected chi connectivity index (χ2v) is 6.13. The Hall–Kier alpha value is 0.320. The lowest BCUT2D eigenvalue weighted by Gasteiger charge is -2.31. The van der Waals surface area contributed by atoms with Gasteiger partial charge in [0, 0.05) is 0 Å². The number of hydrogen-bond donors (Lipinski definition) is 0. The number of nitrogens with zero attached hydrogens (tertiary/aromatic N) is 4. The Bertz CT molecular complexity index is 302. The molecule has 0 amide bonds. The molecule has 0 heterocycles. The summed E-state index contributed by atoms with van der Waals surface area (Å²) < 4.78 is 2.00. The number of oxime groups is 2. The molecule has 0 aromatic rings. The van der Waals surface area contributed by atoms with Gasteiger partial charge < -0.3 is 66.6 Å². The van der Waals surface area contributed by atoms with Gasteiger partial charge >= 0.3 is 0 Å². The summed E-state index contributed by atoms with van der Waals surface area (Å²) in [4.78, 5) is 10.5. The van der Waals surface area contributed by atoms with Crippen LogP contribution in [0, 0.1) is 0 Å². The highest BCUT2D eigenvalue weighted by Crippen LogP contribution is 2.01. The van der Waals surface area contributed by atoms with E-state index >= 15 is 0 Å². The summed E-state index contributed by atoms with van der Waals surface area (Å²) in [5.74, 6) is 0. The molecule has 0 atom stereocenters. The Morgan fingerprint density at radius 2 is 0.958 bits per heavy atom. The van der Waals surface area contributed by atoms with Crippen molar-refractivity contribution in [1.29, 1.82) is 0 Å². The zero-order chi connectivity index (χ0) is 16.9. The fourth-order valence-corrected chi connectivity index (χ4v) is 1.85. The largest absolute Gasteiger partial charge is 1.00 e. The first kappa shape index (κ1) is 29.1. The minimum atomic E-state index is 0. The molecule has 0 bridgehead atoms. The van der Waals surface area contributed by atoms with Crippen LogP contribution in [0.4, 0.5) is 0 Å². The van der Waals surface area contributed by atoms with Gasteiger partial charge in [0.1, 0.15) is 13.1 Å². The quantitative estimate of drug-likeness (QED) is 0.0746. The number of hydrogen-bond acceptors (Lipinski definition) is 4. The Kier molecular flexibility index (Phi) is 20.3. The number of quaternary nitrogens is 2. The van der Waals surface area contributed by atoms with Gasteiger partial charge in [-0.1, -0.05) is 10.3 Å². The molecule has 8 heteroatoms. The molecule has 0 unspecified atom stereocenters. The van der Waals surface area contributed by atoms with Crippen LogP contribution in [0.1, 0.15) is 27.7 Å². The van der Waals surface area contributed by atoms with Gasteiger partial charge in [-0.25, -0.2) is 0 Å². The minimum Gasteiger partial charge on any atom is -1.00 e. The smallest absolute Gasteiger partial charge is 0.165 e. The molecule has 0 aliphatic heterocycles. The van der Waals surface area contributed by atoms with Crippen molar-refractivity contribution in [2.24, 2.45) is 10.3 Å². The maximum absolute atomic E-state index is 5.23. The van der Waals surface area contributed by atoms with Gasteiger partial charge in [-0.3, -0.25) is 0 Å². The Morgan fingerprint density at radius 1 is 0.667 bits per heavy atom. The molecule has 0 aliphatic carbocycles. The zero-order valence-corrected chi connectivity index (χ0v) is 20.5. The summed E-state index contributed by atoms with van der Waals surface area (Å²) in [6, 6.07) is 0. The van der Waals surface area contributed by atoms with Crippen LogP contribution in [-0.4, -0.2) is 88.0 Å². The van der Waals surface area contributed by atoms with Crippen LogP contribution in [0.15, 0.2) is 10.3 Å². The van der Waals surface area contributed by atoms with Gasteiger partial charge in [-0.05, 0) is 27.7 Å². The van der Waals surface area contributed by atoms with E-state index in [9.17, 15) is 0 Å². The van der Waals surface area contributed by atoms with Crippen LogP contribution in [-0.2, 0) is 9.68 Å². The topological polar surface area (TPSA) is 43.2 Å². The molecule has 0 radical (unpaired) electrons. The predicted octanol–water partition coefficient (Wildman–Crippen LogP) is -4.03. The van der Waals surface area contributed by atoms with E-state index in [1.807, 2.05) is 0 Å². The number of halogens is 2. The van der Waals surface area contributed by atoms with Gasteiger partial charge in [-0.15, -0.1) is 0 Å². The normalized spacial score (nSPS) is 12.1. The van der Waals surface area contributed by atoms with Crippen molar-refractivity contribution in [1.82, 2.24) is 0 Å². The Labute approximate surface area is 182 Å². The first-order valence-electron chi connectivity index (χ1n) is 8.41. The molecule has 0 N–H and O–H groups in total. The molecule has 0 saturated carbocycles. The molecule has 6 nitrogen and oxygen atoms in total. The molecular formula is C16H36I2N4O2. The lowest BCUT2D eigenvalue weighted by atomic mass is 10.4. The maximum atomic E-state index is 5.23. The molecule has 0 aromatic heterocycles. The van der Waals surface area contributed by atoms with E-state index in [1.165, 1.54) is 12.4 Å². The van der Waals surface area contributed by atoms with E-state index in [0.717, 1.165) is 48.2 Å². The van der Waals surface area contributed by atoms with Crippen molar-refractivity contribution in [3.8, 4) is 0 Å². The molecule has 146 valence electrons. The van der Waals surface area contributed by atoms with E-state index in [0.29, 0.717) is 13.2 Å². The Balaban J connectivity index is -0.00000220. The van der Waals surface area contributed by atoms with Crippen molar-refractivity contribution in [3.05, 3.63) is 0 Å². The highest BCUT2D eigenvalue weighted by atomic mass is 127. The van der Waals surface area contributed by atoms with Gasteiger partial charge in [0.05, 0.1) is 52.7 Å². The summed E-state index contributed by atoms with van der Waals surface area (Å²) in [5, 5.41) is 7.71. The lowest BCUT2D eigenvalue weighted by Crippen LogP contribution is -3.00. The van der Waals surface area contributed by atoms with E-state index < -0.39 is 0 Å². The predicted molar refractivity (Wildman–Crippen MR) is 93.2 cm³/mol. The lowest BCUT2D eigenvalue weighted by molar-refractivity contribution is -0.906. The third-order valence-corrected chi connectivity index (χ3v) is 4.84. The van der Waals surface area contributed by atoms with Crippen LogP contribution >= 0.6 is 0 Å². The highest BCUT2D eigenvalue weighted by Gasteiger charge is 2.16. The monoisotopic (exact) mass is 570 g/mol. The van der Waals surface area contributed by atoms with E-state index in [2.05, 4.69) is 52.1 Å². The third-order valence-electron chi connectivity index (χ3n) is 4.84. The van der Waals surface area contributed by atoms with E-state index in [-0.39, 0.29) is 48.0 Å². The van der Waals surface area contributed by atoms with E-state index in [4.69, 9.17) is 9.68 Å². The van der Waals surface area contributed by atoms with Crippen molar-refractivity contribution in [3.63, 3.8) is 0 Å². The SMILES string of the molecule is CC[N+](C)(CC)CCO/N=C/C=N/OCC[N+](C)(CC)CC.[I-].[I-]. The summed E-state index contributed by atoms with van der Waals surface area (Å²) in [5.41, 5.74) is 0. The van der Waals surface area contributed by atoms with Gasteiger partial charge in [0.2, 0.25) is 0 Å². The highest BCUT2D eigenvalue weighted by molar-refractivity contribution is 6.15. The molecular weight excluding hydrogens is 534 g/mol. The molecule has 0 rings (SSSR count). The van der Waals surface area contributed by atoms with Crippen molar-refractivity contribution in [2.45, 2.75) is 27.7 Å². The summed E-state index contributed by atoms with van der Waals surface area (Å²) in [6.07, 6.45) is 3.05. The summed E-state index contributed by atoms with van der Waals surface area (Å²) in [6.45, 7) is 16.3. The van der Waals surface area contributed by atoms with Crippen LogP contribution in [0.3, 0.4) is 0 Å². The molecule has 0 saturated heterocycles. The van der Waals surface area contributed by atoms with E-state index in [1.54, 1.807) is 0 Å². The van der Waals surface area contributed by atoms with Crippen LogP contribution in [0.5, 0.6) is 0 Å². The van der Waals surface area contributed by atoms with Crippen molar-refractivity contribution in [2.75, 3.05) is 66.6 Å². The molecule has 0 aromatic carbocycles. The first-order chi connectivity index (χ1) is 10.4. The average molecular weight is 570 g/mol. The number of rotatable bonds is 13. The standard InChI is InChI=1S/C16H36N4O2.2HI/c1-7-19(5,8-2)13-15-21-17-11-12-18-22-16-14-20(6,9-3)10-4;;/h11-12H,7-10,13-16H2,1-6H3;2*1H/q+2;;/p-2/b17-11+,18-12+;;. The average Bonchev–Trinajstić information content (AvgIpc) is 2.56. The molecule has 0 spiro atoms. The fraction of sp³-hybridized carbons (Fsp3) is 0.875. The minimum absolute atomic E-state index is 0. The molecule has 24 heavy (non-hydrogen) atoms. The summed E-state index contributed by atoms with van der Waals surface area (Å²) in [7, 11) is 4.45. The summed E-state index contributed by atoms with van der Waals surface area (Å²) >= 11 is 0. The third kappa shape index (κ3) is 13.6.